The summed E-state index contributed by atoms with van der Waals surface area (Å²) in [7, 11) is 1.43. The number of fused-ring (bicyclic) bond motifs is 1. The van der Waals surface area contributed by atoms with Crippen molar-refractivity contribution in [1.82, 2.24) is 20.7 Å². The van der Waals surface area contributed by atoms with Crippen molar-refractivity contribution in [2.45, 2.75) is 57.2 Å². The zero-order valence-corrected chi connectivity index (χ0v) is 19.1. The van der Waals surface area contributed by atoms with E-state index in [9.17, 15) is 28.8 Å². The van der Waals surface area contributed by atoms with Gasteiger partial charge in [-0.2, -0.15) is 0 Å². The van der Waals surface area contributed by atoms with Gasteiger partial charge in [0.25, 0.3) is 11.8 Å². The van der Waals surface area contributed by atoms with Crippen LogP contribution in [0.5, 0.6) is 5.75 Å². The van der Waals surface area contributed by atoms with E-state index in [0.29, 0.717) is 18.5 Å². The lowest BCUT2D eigenvalue weighted by Gasteiger charge is -2.43. The zero-order valence-electron chi connectivity index (χ0n) is 19.1. The Morgan fingerprint density at radius 1 is 1.21 bits per heavy atom. The van der Waals surface area contributed by atoms with Gasteiger partial charge in [-0.25, -0.2) is 5.01 Å². The van der Waals surface area contributed by atoms with E-state index >= 15 is 0 Å². The minimum atomic E-state index is -1.05. The number of carbonyl (C=O) groups is 6. The molecule has 0 unspecified atom stereocenters. The van der Waals surface area contributed by atoms with Crippen molar-refractivity contribution in [2.24, 2.45) is 0 Å². The molecule has 2 aliphatic heterocycles. The first-order chi connectivity index (χ1) is 16.3. The van der Waals surface area contributed by atoms with E-state index in [0.717, 1.165) is 5.01 Å². The Morgan fingerprint density at radius 2 is 1.94 bits per heavy atom. The zero-order chi connectivity index (χ0) is 24.8. The van der Waals surface area contributed by atoms with Crippen molar-refractivity contribution in [1.29, 1.82) is 0 Å². The van der Waals surface area contributed by atoms with Crippen LogP contribution in [0.1, 0.15) is 49.4 Å². The molecule has 34 heavy (non-hydrogen) atoms. The number of methoxy groups -OCH3 is 1. The summed E-state index contributed by atoms with van der Waals surface area (Å²) in [5.74, 6) is -2.06. The lowest BCUT2D eigenvalue weighted by Crippen LogP contribution is -2.64. The smallest absolute Gasteiger partial charge is 0.264 e. The van der Waals surface area contributed by atoms with Gasteiger partial charge in [0, 0.05) is 19.4 Å². The Hall–Kier alpha value is -3.76. The van der Waals surface area contributed by atoms with Crippen LogP contribution in [0, 0.1) is 0 Å². The normalized spacial score (nSPS) is 21.1. The molecule has 3 rings (SSSR count). The molecule has 4 amide bonds. The number of aldehydes is 1. The monoisotopic (exact) mass is 472 g/mol. The van der Waals surface area contributed by atoms with Crippen molar-refractivity contribution in [3.8, 4) is 5.75 Å². The number of rotatable bonds is 8. The summed E-state index contributed by atoms with van der Waals surface area (Å²) in [5, 5.41) is 7.50. The van der Waals surface area contributed by atoms with Crippen molar-refractivity contribution >= 4 is 35.7 Å². The minimum absolute atomic E-state index is 0.00868. The van der Waals surface area contributed by atoms with Gasteiger partial charge in [-0.05, 0) is 38.3 Å². The van der Waals surface area contributed by atoms with E-state index in [4.69, 9.17) is 4.74 Å². The predicted molar refractivity (Wildman–Crippen MR) is 118 cm³/mol. The second kappa shape index (κ2) is 10.9. The van der Waals surface area contributed by atoms with Crippen LogP contribution in [0.15, 0.2) is 24.3 Å². The van der Waals surface area contributed by atoms with E-state index in [-0.39, 0.29) is 49.5 Å². The number of para-hydroxylation sites is 1. The average Bonchev–Trinajstić information content (AvgIpc) is 2.95. The Morgan fingerprint density at radius 3 is 2.62 bits per heavy atom. The van der Waals surface area contributed by atoms with Crippen LogP contribution in [0.4, 0.5) is 0 Å². The van der Waals surface area contributed by atoms with Crippen LogP contribution in [0.25, 0.3) is 0 Å². The first-order valence-corrected chi connectivity index (χ1v) is 11.1. The van der Waals surface area contributed by atoms with Gasteiger partial charge < -0.3 is 20.2 Å². The summed E-state index contributed by atoms with van der Waals surface area (Å²) in [5.41, 5.74) is 0.233. The van der Waals surface area contributed by atoms with E-state index < -0.39 is 35.8 Å². The minimum Gasteiger partial charge on any atom is -0.496 e. The number of nitrogens with one attached hydrogen (secondary N) is 2. The Bertz CT molecular complexity index is 995. The Labute approximate surface area is 196 Å². The number of ether oxygens (including phenoxy) is 1. The molecule has 0 aromatic heterocycles. The highest BCUT2D eigenvalue weighted by Crippen LogP contribution is 2.26. The maximum atomic E-state index is 13.5. The largest absolute Gasteiger partial charge is 0.496 e. The number of amides is 4. The average molecular weight is 472 g/mol. The highest BCUT2D eigenvalue weighted by molar-refractivity contribution is 6.01. The topological polar surface area (TPSA) is 142 Å². The molecule has 3 atom stereocenters. The fraction of sp³-hybridized carbons (Fsp3) is 0.478. The molecule has 2 aliphatic rings. The standard InChI is InChI=1S/C23H28N4O7/c1-14(29)12-15(13-28)24-22(32)18-7-5-11-26-20(30)10-9-17(23(33)27(18)26)25-21(31)16-6-3-4-8-19(16)34-2/h3-4,6,8,13,15,17-18H,5,7,9-12H2,1-2H3,(H,24,32)(H,25,31)/t15-,17-,18-/m0/s1. The number of hydrazine groups is 1. The van der Waals surface area contributed by atoms with E-state index in [1.807, 2.05) is 0 Å². The fourth-order valence-corrected chi connectivity index (χ4v) is 4.20. The SMILES string of the molecule is COc1ccccc1C(=O)N[C@H]1CCC(=O)N2CCC[C@@H](C(=O)N[C@H](C=O)CC(C)=O)N2C1=O. The number of hydrogen-bond donors (Lipinski definition) is 2. The van der Waals surface area contributed by atoms with Crippen molar-refractivity contribution < 1.29 is 33.5 Å². The lowest BCUT2D eigenvalue weighted by molar-refractivity contribution is -0.176. The highest BCUT2D eigenvalue weighted by Gasteiger charge is 2.45. The third-order valence-electron chi connectivity index (χ3n) is 5.82. The Kier molecular flexibility index (Phi) is 7.98. The number of Topliss-reactive ketones (excluding diaryl/α,β-unsaturated/α-hetero) is 1. The van der Waals surface area contributed by atoms with Gasteiger partial charge in [-0.3, -0.25) is 29.0 Å². The van der Waals surface area contributed by atoms with E-state index in [2.05, 4.69) is 10.6 Å². The van der Waals surface area contributed by atoms with Gasteiger partial charge >= 0.3 is 0 Å². The fourth-order valence-electron chi connectivity index (χ4n) is 4.20. The van der Waals surface area contributed by atoms with Crippen LogP contribution in [-0.4, -0.2) is 77.5 Å². The number of carbonyl (C=O) groups excluding carboxylic acids is 6. The maximum absolute atomic E-state index is 13.5. The molecular weight excluding hydrogens is 444 g/mol. The molecule has 0 bridgehead atoms. The van der Waals surface area contributed by atoms with Crippen molar-refractivity contribution in [3.63, 3.8) is 0 Å². The van der Waals surface area contributed by atoms with E-state index in [1.54, 1.807) is 24.3 Å². The van der Waals surface area contributed by atoms with Crippen molar-refractivity contribution in [2.75, 3.05) is 13.7 Å². The van der Waals surface area contributed by atoms with Gasteiger partial charge in [-0.15, -0.1) is 0 Å². The van der Waals surface area contributed by atoms with E-state index in [1.165, 1.54) is 19.0 Å². The summed E-state index contributed by atoms with van der Waals surface area (Å²) >= 11 is 0. The van der Waals surface area contributed by atoms with Crippen LogP contribution in [0.3, 0.4) is 0 Å². The first kappa shape index (κ1) is 24.9. The summed E-state index contributed by atoms with van der Waals surface area (Å²) in [6.45, 7) is 1.56. The van der Waals surface area contributed by atoms with Gasteiger partial charge in [-0.1, -0.05) is 12.1 Å². The van der Waals surface area contributed by atoms with Crippen LogP contribution in [0.2, 0.25) is 0 Å². The molecule has 11 heteroatoms. The molecule has 1 aromatic carbocycles. The molecule has 0 spiro atoms. The molecular formula is C23H28N4O7. The third-order valence-corrected chi connectivity index (χ3v) is 5.82. The molecule has 2 N–H and O–H groups in total. The summed E-state index contributed by atoms with van der Waals surface area (Å²) in [6.07, 6.45) is 1.11. The number of nitrogens with zero attached hydrogens (tertiary/aromatic N) is 2. The molecule has 2 heterocycles. The second-order valence-electron chi connectivity index (χ2n) is 8.28. The first-order valence-electron chi connectivity index (χ1n) is 11.1. The molecule has 0 saturated carbocycles. The summed E-state index contributed by atoms with van der Waals surface area (Å²) in [4.78, 5) is 74.8. The summed E-state index contributed by atoms with van der Waals surface area (Å²) in [6, 6.07) is 3.41. The van der Waals surface area contributed by atoms with Crippen molar-refractivity contribution in [3.05, 3.63) is 29.8 Å². The number of ketones is 1. The van der Waals surface area contributed by atoms with Gasteiger partial charge in [0.05, 0.1) is 18.7 Å². The number of benzene rings is 1. The molecule has 2 fully saturated rings. The second-order valence-corrected chi connectivity index (χ2v) is 8.28. The molecule has 2 saturated heterocycles. The highest BCUT2D eigenvalue weighted by atomic mass is 16.5. The maximum Gasteiger partial charge on any atom is 0.264 e. The van der Waals surface area contributed by atoms with Gasteiger partial charge in [0.2, 0.25) is 11.8 Å². The molecule has 11 nitrogen and oxygen atoms in total. The predicted octanol–water partition coefficient (Wildman–Crippen LogP) is -0.0152. The van der Waals surface area contributed by atoms with Gasteiger partial charge in [0.15, 0.2) is 0 Å². The summed E-state index contributed by atoms with van der Waals surface area (Å²) < 4.78 is 5.21. The molecule has 182 valence electrons. The molecule has 0 aliphatic carbocycles. The number of hydrogen-bond acceptors (Lipinski definition) is 7. The molecule has 1 aromatic rings. The quantitative estimate of drug-likeness (QED) is 0.507. The lowest BCUT2D eigenvalue weighted by atomic mass is 10.0. The van der Waals surface area contributed by atoms with Crippen LogP contribution < -0.4 is 15.4 Å². The van der Waals surface area contributed by atoms with Gasteiger partial charge in [0.1, 0.15) is 29.9 Å². The van der Waals surface area contributed by atoms with Crippen LogP contribution in [-0.2, 0) is 24.0 Å². The van der Waals surface area contributed by atoms with Crippen LogP contribution >= 0.6 is 0 Å². The Balaban J connectivity index is 1.83. The third kappa shape index (κ3) is 5.41. The molecule has 0 radical (unpaired) electrons.